The zero-order valence-electron chi connectivity index (χ0n) is 8.59. The highest BCUT2D eigenvalue weighted by molar-refractivity contribution is 7.99. The van der Waals surface area contributed by atoms with Crippen molar-refractivity contribution in [1.29, 1.82) is 0 Å². The van der Waals surface area contributed by atoms with Crippen LogP contribution in [0.3, 0.4) is 0 Å². The number of hydrogen-bond acceptors (Lipinski definition) is 3. The third-order valence-corrected chi connectivity index (χ3v) is 2.77. The fourth-order valence-electron chi connectivity index (χ4n) is 0.731. The van der Waals surface area contributed by atoms with Crippen LogP contribution in [0.25, 0.3) is 0 Å². The first-order valence-corrected chi connectivity index (χ1v) is 5.67. The van der Waals surface area contributed by atoms with Gasteiger partial charge in [0.15, 0.2) is 0 Å². The maximum absolute atomic E-state index is 11.3. The molecule has 0 aliphatic carbocycles. The van der Waals surface area contributed by atoms with Gasteiger partial charge in [-0.1, -0.05) is 6.92 Å². The Kier molecular flexibility index (Phi) is 6.16. The molecule has 0 saturated heterocycles. The van der Waals surface area contributed by atoms with E-state index in [1.165, 1.54) is 11.8 Å². The van der Waals surface area contributed by atoms with Crippen LogP contribution >= 0.6 is 11.8 Å². The van der Waals surface area contributed by atoms with Crippen LogP contribution < -0.4 is 5.32 Å². The van der Waals surface area contributed by atoms with E-state index in [2.05, 4.69) is 5.32 Å². The van der Waals surface area contributed by atoms with Crippen molar-refractivity contribution in [3.63, 3.8) is 0 Å². The van der Waals surface area contributed by atoms with Crippen molar-refractivity contribution in [2.45, 2.75) is 32.7 Å². The van der Waals surface area contributed by atoms with E-state index in [0.29, 0.717) is 11.5 Å². The molecule has 0 atom stereocenters. The number of rotatable bonds is 6. The molecule has 0 heterocycles. The Morgan fingerprint density at radius 2 is 2.15 bits per heavy atom. The minimum Gasteiger partial charge on any atom is -0.396 e. The summed E-state index contributed by atoms with van der Waals surface area (Å²) in [5, 5.41) is 11.4. The zero-order chi connectivity index (χ0) is 10.3. The molecule has 0 rings (SSSR count). The molecule has 0 aliphatic heterocycles. The van der Waals surface area contributed by atoms with Crippen LogP contribution in [0.15, 0.2) is 0 Å². The number of carbonyl (C=O) groups is 1. The van der Waals surface area contributed by atoms with Gasteiger partial charge in [0.05, 0.1) is 12.4 Å². The summed E-state index contributed by atoms with van der Waals surface area (Å²) in [5.74, 6) is 1.11. The maximum atomic E-state index is 11.3. The smallest absolute Gasteiger partial charge is 0.230 e. The van der Waals surface area contributed by atoms with Gasteiger partial charge in [-0.15, -0.1) is 11.8 Å². The SMILES string of the molecule is CCC(C)(C)NC(=O)CSCCO. The molecule has 0 unspecified atom stereocenters. The van der Waals surface area contributed by atoms with Gasteiger partial charge in [0.2, 0.25) is 5.91 Å². The van der Waals surface area contributed by atoms with E-state index in [4.69, 9.17) is 5.11 Å². The maximum Gasteiger partial charge on any atom is 0.230 e. The van der Waals surface area contributed by atoms with Gasteiger partial charge in [-0.2, -0.15) is 0 Å². The van der Waals surface area contributed by atoms with E-state index in [1.807, 2.05) is 20.8 Å². The number of nitrogens with one attached hydrogen (secondary N) is 1. The predicted octanol–water partition coefficient (Wildman–Crippen LogP) is 1.02. The molecule has 1 amide bonds. The van der Waals surface area contributed by atoms with Crippen LogP contribution in [-0.2, 0) is 4.79 Å². The van der Waals surface area contributed by atoms with Gasteiger partial charge in [-0.25, -0.2) is 0 Å². The van der Waals surface area contributed by atoms with Crippen LogP contribution in [-0.4, -0.2) is 34.7 Å². The topological polar surface area (TPSA) is 49.3 Å². The van der Waals surface area contributed by atoms with Gasteiger partial charge in [0.25, 0.3) is 0 Å². The minimum atomic E-state index is -0.114. The predicted molar refractivity (Wildman–Crippen MR) is 56.9 cm³/mol. The van der Waals surface area contributed by atoms with Crippen LogP contribution in [0, 0.1) is 0 Å². The number of amides is 1. The van der Waals surface area contributed by atoms with Crippen LogP contribution in [0.4, 0.5) is 0 Å². The lowest BCUT2D eigenvalue weighted by Crippen LogP contribution is -2.43. The fraction of sp³-hybridized carbons (Fsp3) is 0.889. The Labute approximate surface area is 84.3 Å². The van der Waals surface area contributed by atoms with Crippen molar-refractivity contribution in [1.82, 2.24) is 5.32 Å². The van der Waals surface area contributed by atoms with Gasteiger partial charge < -0.3 is 10.4 Å². The molecule has 0 aliphatic rings. The van der Waals surface area contributed by atoms with E-state index in [9.17, 15) is 4.79 Å². The van der Waals surface area contributed by atoms with Crippen molar-refractivity contribution in [3.05, 3.63) is 0 Å². The summed E-state index contributed by atoms with van der Waals surface area (Å²) >= 11 is 1.45. The van der Waals surface area contributed by atoms with Crippen molar-refractivity contribution >= 4 is 17.7 Å². The van der Waals surface area contributed by atoms with E-state index in [1.54, 1.807) is 0 Å². The lowest BCUT2D eigenvalue weighted by Gasteiger charge is -2.24. The molecule has 0 spiro atoms. The molecule has 0 fully saturated rings. The highest BCUT2D eigenvalue weighted by atomic mass is 32.2. The van der Waals surface area contributed by atoms with E-state index in [0.717, 1.165) is 6.42 Å². The largest absolute Gasteiger partial charge is 0.396 e. The third-order valence-electron chi connectivity index (χ3n) is 1.83. The van der Waals surface area contributed by atoms with Crippen LogP contribution in [0.2, 0.25) is 0 Å². The Balaban J connectivity index is 3.62. The van der Waals surface area contributed by atoms with Crippen LogP contribution in [0.5, 0.6) is 0 Å². The van der Waals surface area contributed by atoms with E-state index in [-0.39, 0.29) is 18.1 Å². The zero-order valence-corrected chi connectivity index (χ0v) is 9.41. The molecule has 78 valence electrons. The summed E-state index contributed by atoms with van der Waals surface area (Å²) < 4.78 is 0. The molecular weight excluding hydrogens is 186 g/mol. The second-order valence-electron chi connectivity index (χ2n) is 3.56. The average Bonchev–Trinajstić information content (AvgIpc) is 2.04. The van der Waals surface area contributed by atoms with Gasteiger partial charge >= 0.3 is 0 Å². The van der Waals surface area contributed by atoms with Gasteiger partial charge in [0, 0.05) is 11.3 Å². The molecule has 0 saturated carbocycles. The second-order valence-corrected chi connectivity index (χ2v) is 4.67. The Morgan fingerprint density at radius 1 is 1.54 bits per heavy atom. The molecule has 3 nitrogen and oxygen atoms in total. The monoisotopic (exact) mass is 205 g/mol. The standard InChI is InChI=1S/C9H19NO2S/c1-4-9(2,3)10-8(12)7-13-6-5-11/h11H,4-7H2,1-3H3,(H,10,12). The van der Waals surface area contributed by atoms with Gasteiger partial charge in [-0.3, -0.25) is 4.79 Å². The Hall–Kier alpha value is -0.220. The number of thioether (sulfide) groups is 1. The quantitative estimate of drug-likeness (QED) is 0.636. The summed E-state index contributed by atoms with van der Waals surface area (Å²) in [7, 11) is 0. The molecule has 0 aromatic carbocycles. The highest BCUT2D eigenvalue weighted by Gasteiger charge is 2.16. The molecular formula is C9H19NO2S. The summed E-state index contributed by atoms with van der Waals surface area (Å²) in [6.07, 6.45) is 0.920. The first-order valence-electron chi connectivity index (χ1n) is 4.51. The molecule has 0 aromatic rings. The van der Waals surface area contributed by atoms with Gasteiger partial charge in [0.1, 0.15) is 0 Å². The van der Waals surface area contributed by atoms with E-state index >= 15 is 0 Å². The Morgan fingerprint density at radius 3 is 2.62 bits per heavy atom. The van der Waals surface area contributed by atoms with Crippen molar-refractivity contribution in [2.24, 2.45) is 0 Å². The molecule has 4 heteroatoms. The molecule has 2 N–H and O–H groups in total. The number of aliphatic hydroxyl groups excluding tert-OH is 1. The fourth-order valence-corrected chi connectivity index (χ4v) is 1.26. The number of aliphatic hydroxyl groups is 1. The molecule has 0 aromatic heterocycles. The normalized spacial score (nSPS) is 11.4. The summed E-state index contributed by atoms with van der Waals surface area (Å²) in [6.45, 7) is 6.18. The lowest BCUT2D eigenvalue weighted by atomic mass is 10.0. The molecule has 0 bridgehead atoms. The van der Waals surface area contributed by atoms with Gasteiger partial charge in [-0.05, 0) is 20.3 Å². The summed E-state index contributed by atoms with van der Waals surface area (Å²) in [6, 6.07) is 0. The number of hydrogen-bond donors (Lipinski definition) is 2. The third kappa shape index (κ3) is 6.90. The molecule has 0 radical (unpaired) electrons. The second kappa shape index (κ2) is 6.27. The van der Waals surface area contributed by atoms with Crippen molar-refractivity contribution < 1.29 is 9.90 Å². The summed E-state index contributed by atoms with van der Waals surface area (Å²) in [4.78, 5) is 11.3. The van der Waals surface area contributed by atoms with Crippen molar-refractivity contribution in [3.8, 4) is 0 Å². The average molecular weight is 205 g/mol. The van der Waals surface area contributed by atoms with Crippen molar-refractivity contribution in [2.75, 3.05) is 18.1 Å². The highest BCUT2D eigenvalue weighted by Crippen LogP contribution is 2.07. The lowest BCUT2D eigenvalue weighted by molar-refractivity contribution is -0.120. The first-order chi connectivity index (χ1) is 6.02. The first kappa shape index (κ1) is 12.8. The van der Waals surface area contributed by atoms with E-state index < -0.39 is 0 Å². The number of carbonyl (C=O) groups excluding carboxylic acids is 1. The molecule has 13 heavy (non-hydrogen) atoms. The Bertz CT molecular complexity index is 160. The van der Waals surface area contributed by atoms with Crippen LogP contribution in [0.1, 0.15) is 27.2 Å². The summed E-state index contributed by atoms with van der Waals surface area (Å²) in [5.41, 5.74) is -0.114. The minimum absolute atomic E-state index is 0.0466.